The minimum absolute atomic E-state index is 0.514. The van der Waals surface area contributed by atoms with Crippen molar-refractivity contribution < 1.29 is 14.0 Å². The number of nitrogens with zero attached hydrogens (tertiary/aromatic N) is 2. The van der Waals surface area contributed by atoms with E-state index in [1.807, 2.05) is 6.92 Å². The fraction of sp³-hybridized carbons (Fsp3) is 0.233. The van der Waals surface area contributed by atoms with Crippen LogP contribution in [0.1, 0.15) is 25.0 Å². The van der Waals surface area contributed by atoms with Gasteiger partial charge in [-0.05, 0) is 49.2 Å². The van der Waals surface area contributed by atoms with Gasteiger partial charge in [-0.2, -0.15) is 4.57 Å². The summed E-state index contributed by atoms with van der Waals surface area (Å²) in [5.74, 6) is 0. The first-order chi connectivity index (χ1) is 16.8. The summed E-state index contributed by atoms with van der Waals surface area (Å²) in [6.45, 7) is 7.58. The number of fused-ring (bicyclic) bond motifs is 4. The zero-order valence-corrected chi connectivity index (χ0v) is 19.9. The molecule has 0 aliphatic rings. The van der Waals surface area contributed by atoms with Crippen LogP contribution in [0.5, 0.6) is 0 Å². The van der Waals surface area contributed by atoms with Crippen molar-refractivity contribution in [1.29, 1.82) is 0 Å². The first kappa shape index (κ1) is 22.3. The summed E-state index contributed by atoms with van der Waals surface area (Å²) in [7, 11) is 0. The van der Waals surface area contributed by atoms with Crippen molar-refractivity contribution >= 4 is 44.9 Å². The first-order valence-corrected chi connectivity index (χ1v) is 12.1. The van der Waals surface area contributed by atoms with E-state index in [2.05, 4.69) is 107 Å². The van der Waals surface area contributed by atoms with Gasteiger partial charge >= 0.3 is 0 Å². The summed E-state index contributed by atoms with van der Waals surface area (Å²) in [5, 5.41) is 3.76. The maximum Gasteiger partial charge on any atom is 0.213 e. The van der Waals surface area contributed by atoms with Crippen molar-refractivity contribution in [3.8, 4) is 0 Å². The lowest BCUT2D eigenvalue weighted by Gasteiger charge is -2.09. The summed E-state index contributed by atoms with van der Waals surface area (Å²) in [6.07, 6.45) is 6.60. The van der Waals surface area contributed by atoms with Gasteiger partial charge in [-0.3, -0.25) is 0 Å². The maximum atomic E-state index is 5.91. The van der Waals surface area contributed by atoms with Crippen molar-refractivity contribution in [3.63, 3.8) is 0 Å². The Balaban J connectivity index is 1.49. The van der Waals surface area contributed by atoms with Gasteiger partial charge in [0.15, 0.2) is 6.20 Å². The number of aromatic nitrogens is 2. The summed E-state index contributed by atoms with van der Waals surface area (Å²) in [6, 6.07) is 26.0. The Bertz CT molecular complexity index is 1470. The van der Waals surface area contributed by atoms with Gasteiger partial charge in [0.1, 0.15) is 13.3 Å². The Morgan fingerprint density at radius 1 is 0.765 bits per heavy atom. The molecule has 0 saturated heterocycles. The molecule has 4 heteroatoms. The molecule has 0 aliphatic heterocycles. The van der Waals surface area contributed by atoms with Gasteiger partial charge in [0, 0.05) is 29.5 Å². The maximum absolute atomic E-state index is 5.91. The molecule has 0 unspecified atom stereocenters. The van der Waals surface area contributed by atoms with Gasteiger partial charge in [0.2, 0.25) is 5.52 Å². The Kier molecular flexibility index (Phi) is 6.70. The van der Waals surface area contributed by atoms with Crippen molar-refractivity contribution in [3.05, 3.63) is 90.1 Å². The monoisotopic (exact) mass is 451 g/mol. The summed E-state index contributed by atoms with van der Waals surface area (Å²) in [4.78, 5) is 0. The molecular weight excluding hydrogens is 420 g/mol. The average Bonchev–Trinajstić information content (AvgIpc) is 3.20. The predicted molar refractivity (Wildman–Crippen MR) is 141 cm³/mol. The molecule has 3 aromatic carbocycles. The first-order valence-electron chi connectivity index (χ1n) is 12.1. The second kappa shape index (κ2) is 10.2. The average molecular weight is 452 g/mol. The van der Waals surface area contributed by atoms with E-state index in [0.717, 1.165) is 6.54 Å². The largest absolute Gasteiger partial charge is 0.379 e. The summed E-state index contributed by atoms with van der Waals surface area (Å²) < 4.78 is 15.8. The molecule has 0 N–H and O–H groups in total. The van der Waals surface area contributed by atoms with E-state index in [1.165, 1.54) is 43.8 Å². The Labute approximate surface area is 200 Å². The molecule has 0 fully saturated rings. The van der Waals surface area contributed by atoms with Crippen LogP contribution < -0.4 is 4.57 Å². The van der Waals surface area contributed by atoms with Crippen molar-refractivity contribution in [2.24, 2.45) is 0 Å². The second-order valence-electron chi connectivity index (χ2n) is 8.36. The fourth-order valence-electron chi connectivity index (χ4n) is 4.65. The fourth-order valence-corrected chi connectivity index (χ4v) is 4.65. The summed E-state index contributed by atoms with van der Waals surface area (Å²) >= 11 is 0. The topological polar surface area (TPSA) is 27.3 Å². The normalized spacial score (nSPS) is 11.9. The molecule has 5 rings (SSSR count). The molecule has 0 amide bonds. The molecule has 172 valence electrons. The third kappa shape index (κ3) is 4.35. The quantitative estimate of drug-likeness (QED) is 0.191. The van der Waals surface area contributed by atoms with E-state index < -0.39 is 0 Å². The molecule has 5 aromatic rings. The number of ether oxygens (including phenoxy) is 2. The van der Waals surface area contributed by atoms with E-state index in [9.17, 15) is 0 Å². The number of pyridine rings is 1. The molecule has 4 nitrogen and oxygen atoms in total. The van der Waals surface area contributed by atoms with Crippen LogP contribution in [0.25, 0.3) is 44.9 Å². The van der Waals surface area contributed by atoms with E-state index >= 15 is 0 Å². The van der Waals surface area contributed by atoms with Crippen LogP contribution >= 0.6 is 0 Å². The number of rotatable bonds is 9. The van der Waals surface area contributed by atoms with Crippen LogP contribution in [-0.2, 0) is 22.7 Å². The lowest BCUT2D eigenvalue weighted by molar-refractivity contribution is -0.667. The van der Waals surface area contributed by atoms with Crippen LogP contribution in [0, 0.1) is 0 Å². The molecule has 2 heterocycles. The smallest absolute Gasteiger partial charge is 0.213 e. The van der Waals surface area contributed by atoms with Gasteiger partial charge in [0.05, 0.1) is 29.6 Å². The zero-order valence-electron chi connectivity index (χ0n) is 19.9. The molecule has 34 heavy (non-hydrogen) atoms. The highest BCUT2D eigenvalue weighted by Crippen LogP contribution is 2.30. The lowest BCUT2D eigenvalue weighted by atomic mass is 10.1. The molecule has 0 bridgehead atoms. The zero-order chi connectivity index (χ0) is 23.3. The highest BCUT2D eigenvalue weighted by Gasteiger charge is 2.11. The van der Waals surface area contributed by atoms with Crippen molar-refractivity contribution in [1.82, 2.24) is 4.57 Å². The SMILES string of the molecule is CCOCCOCn1c2ccccc2c2cc(/C=C/c3cc[n+](CC)c4ccccc34)ccc21. The van der Waals surface area contributed by atoms with Crippen LogP contribution in [0.4, 0.5) is 0 Å². The number of hydrogen-bond acceptors (Lipinski definition) is 2. The Morgan fingerprint density at radius 2 is 1.53 bits per heavy atom. The predicted octanol–water partition coefficient (Wildman–Crippen LogP) is 6.44. The highest BCUT2D eigenvalue weighted by molar-refractivity contribution is 6.08. The number of para-hydroxylation sites is 2. The third-order valence-corrected chi connectivity index (χ3v) is 6.35. The van der Waals surface area contributed by atoms with Gasteiger partial charge in [-0.1, -0.05) is 48.6 Å². The molecular formula is C30H31N2O2+. The van der Waals surface area contributed by atoms with Gasteiger partial charge in [-0.15, -0.1) is 0 Å². The molecule has 0 saturated carbocycles. The van der Waals surface area contributed by atoms with E-state index in [-0.39, 0.29) is 0 Å². The molecule has 0 spiro atoms. The van der Waals surface area contributed by atoms with Crippen molar-refractivity contribution in [2.75, 3.05) is 19.8 Å². The third-order valence-electron chi connectivity index (χ3n) is 6.35. The van der Waals surface area contributed by atoms with Crippen molar-refractivity contribution in [2.45, 2.75) is 27.1 Å². The van der Waals surface area contributed by atoms with Crippen LogP contribution in [0.2, 0.25) is 0 Å². The van der Waals surface area contributed by atoms with Gasteiger partial charge < -0.3 is 14.0 Å². The molecule has 2 aromatic heterocycles. The lowest BCUT2D eigenvalue weighted by Crippen LogP contribution is -2.32. The van der Waals surface area contributed by atoms with Crippen LogP contribution in [0.3, 0.4) is 0 Å². The van der Waals surface area contributed by atoms with Gasteiger partial charge in [0.25, 0.3) is 0 Å². The van der Waals surface area contributed by atoms with Gasteiger partial charge in [-0.25, -0.2) is 0 Å². The van der Waals surface area contributed by atoms with E-state index in [4.69, 9.17) is 9.47 Å². The van der Waals surface area contributed by atoms with E-state index in [1.54, 1.807) is 0 Å². The van der Waals surface area contributed by atoms with Crippen LogP contribution in [0.15, 0.2) is 79.0 Å². The minimum Gasteiger partial charge on any atom is -0.379 e. The minimum atomic E-state index is 0.514. The number of hydrogen-bond donors (Lipinski definition) is 0. The molecule has 0 atom stereocenters. The molecule has 0 aliphatic carbocycles. The highest BCUT2D eigenvalue weighted by atomic mass is 16.5. The Morgan fingerprint density at radius 3 is 2.38 bits per heavy atom. The molecule has 0 radical (unpaired) electrons. The number of benzene rings is 3. The standard InChI is InChI=1S/C30H31N2O2/c1-3-31-18-17-24(25-9-5-7-11-28(25)31)15-13-23-14-16-30-27(21-23)26-10-6-8-12-29(26)32(30)22-34-20-19-33-4-2/h5-18,21H,3-4,19-20,22H2,1-2H3/q+1. The second-order valence-corrected chi connectivity index (χ2v) is 8.36. The number of aryl methyl sites for hydroxylation is 1. The van der Waals surface area contributed by atoms with Crippen LogP contribution in [-0.4, -0.2) is 24.4 Å². The van der Waals surface area contributed by atoms with E-state index in [0.29, 0.717) is 26.6 Å². The Hall–Kier alpha value is -3.47. The summed E-state index contributed by atoms with van der Waals surface area (Å²) in [5.41, 5.74) is 6.04.